The van der Waals surface area contributed by atoms with Gasteiger partial charge in [0.05, 0.1) is 24.8 Å². The SMILES string of the molecule is COc1ccc2nc(C)n(CC(=O)N3CCN(CC4CCOC4)C[C@H]3c3ncc(Cc4ccccc4-c4ccccc4)[nH]3)c2c1. The maximum atomic E-state index is 14.1. The Balaban J connectivity index is 1.15. The number of hydrogen-bond donors (Lipinski definition) is 1. The molecule has 2 fully saturated rings. The summed E-state index contributed by atoms with van der Waals surface area (Å²) in [5, 5.41) is 0. The Bertz CT molecular complexity index is 1770. The van der Waals surface area contributed by atoms with Crippen LogP contribution in [0.25, 0.3) is 22.2 Å². The summed E-state index contributed by atoms with van der Waals surface area (Å²) >= 11 is 0. The summed E-state index contributed by atoms with van der Waals surface area (Å²) in [4.78, 5) is 31.8. The van der Waals surface area contributed by atoms with E-state index in [4.69, 9.17) is 19.4 Å². The van der Waals surface area contributed by atoms with Crippen LogP contribution < -0.4 is 4.74 Å². The molecule has 2 atom stereocenters. The number of hydrogen-bond acceptors (Lipinski definition) is 6. The van der Waals surface area contributed by atoms with Crippen molar-refractivity contribution in [2.75, 3.05) is 46.5 Å². The van der Waals surface area contributed by atoms with Crippen LogP contribution in [0.15, 0.2) is 79.0 Å². The molecule has 5 aromatic rings. The third kappa shape index (κ3) is 6.23. The first-order valence-electron chi connectivity index (χ1n) is 15.8. The fourth-order valence-electron chi connectivity index (χ4n) is 6.82. The van der Waals surface area contributed by atoms with Crippen LogP contribution in [0.1, 0.15) is 35.4 Å². The highest BCUT2D eigenvalue weighted by Gasteiger charge is 2.35. The van der Waals surface area contributed by atoms with Gasteiger partial charge in [-0.25, -0.2) is 9.97 Å². The number of carbonyl (C=O) groups is 1. The minimum absolute atomic E-state index is 0.0569. The Morgan fingerprint density at radius 3 is 2.73 bits per heavy atom. The predicted molar refractivity (Wildman–Crippen MR) is 174 cm³/mol. The number of aromatic nitrogens is 4. The molecule has 2 aliphatic heterocycles. The Morgan fingerprint density at radius 2 is 1.91 bits per heavy atom. The number of nitrogens with zero attached hydrogens (tertiary/aromatic N) is 5. The van der Waals surface area contributed by atoms with Gasteiger partial charge >= 0.3 is 0 Å². The quantitative estimate of drug-likeness (QED) is 0.247. The molecule has 2 saturated heterocycles. The number of carbonyl (C=O) groups excluding carboxylic acids is 1. The van der Waals surface area contributed by atoms with E-state index in [-0.39, 0.29) is 18.5 Å². The molecule has 1 amide bonds. The highest BCUT2D eigenvalue weighted by atomic mass is 16.5. The van der Waals surface area contributed by atoms with E-state index in [1.165, 1.54) is 16.7 Å². The molecule has 0 spiro atoms. The van der Waals surface area contributed by atoms with Crippen molar-refractivity contribution < 1.29 is 14.3 Å². The molecule has 232 valence electrons. The average molecular weight is 605 g/mol. The van der Waals surface area contributed by atoms with Crippen LogP contribution in [0, 0.1) is 12.8 Å². The lowest BCUT2D eigenvalue weighted by Crippen LogP contribution is -2.52. The molecule has 4 heterocycles. The molecule has 1 N–H and O–H groups in total. The van der Waals surface area contributed by atoms with Crippen molar-refractivity contribution in [3.8, 4) is 16.9 Å². The second-order valence-corrected chi connectivity index (χ2v) is 12.2. The number of amides is 1. The fourth-order valence-corrected chi connectivity index (χ4v) is 6.82. The smallest absolute Gasteiger partial charge is 0.243 e. The fraction of sp³-hybridized carbons (Fsp3) is 0.361. The van der Waals surface area contributed by atoms with Gasteiger partial charge in [-0.05, 0) is 48.1 Å². The summed E-state index contributed by atoms with van der Waals surface area (Å²) in [6.45, 7) is 6.97. The molecule has 45 heavy (non-hydrogen) atoms. The van der Waals surface area contributed by atoms with Gasteiger partial charge in [0.2, 0.25) is 5.91 Å². The van der Waals surface area contributed by atoms with Gasteiger partial charge in [-0.2, -0.15) is 0 Å². The van der Waals surface area contributed by atoms with E-state index in [9.17, 15) is 4.79 Å². The number of aromatic amines is 1. The molecular formula is C36H40N6O3. The van der Waals surface area contributed by atoms with Gasteiger partial charge in [0.25, 0.3) is 0 Å². The normalized spacial score (nSPS) is 18.9. The molecular weight excluding hydrogens is 564 g/mol. The molecule has 9 nitrogen and oxygen atoms in total. The van der Waals surface area contributed by atoms with E-state index in [1.807, 2.05) is 46.9 Å². The Morgan fingerprint density at radius 1 is 1.07 bits per heavy atom. The number of nitrogens with one attached hydrogen (secondary N) is 1. The minimum Gasteiger partial charge on any atom is -0.497 e. The lowest BCUT2D eigenvalue weighted by molar-refractivity contribution is -0.137. The van der Waals surface area contributed by atoms with Crippen LogP contribution in [-0.4, -0.2) is 81.7 Å². The Hall–Kier alpha value is -4.47. The zero-order valence-corrected chi connectivity index (χ0v) is 26.0. The largest absolute Gasteiger partial charge is 0.497 e. The van der Waals surface area contributed by atoms with Crippen molar-refractivity contribution in [2.45, 2.75) is 32.4 Å². The molecule has 2 aliphatic rings. The van der Waals surface area contributed by atoms with Crippen molar-refractivity contribution in [2.24, 2.45) is 5.92 Å². The second-order valence-electron chi connectivity index (χ2n) is 12.2. The van der Waals surface area contributed by atoms with Gasteiger partial charge < -0.3 is 23.9 Å². The first kappa shape index (κ1) is 29.3. The summed E-state index contributed by atoms with van der Waals surface area (Å²) in [6, 6.07) is 24.6. The third-order valence-electron chi connectivity index (χ3n) is 9.21. The molecule has 1 unspecified atom stereocenters. The number of fused-ring (bicyclic) bond motifs is 1. The van der Waals surface area contributed by atoms with E-state index < -0.39 is 0 Å². The molecule has 7 rings (SSSR count). The number of aryl methyl sites for hydroxylation is 1. The molecule has 0 radical (unpaired) electrons. The van der Waals surface area contributed by atoms with Crippen molar-refractivity contribution in [1.82, 2.24) is 29.3 Å². The van der Waals surface area contributed by atoms with Crippen LogP contribution in [0.3, 0.4) is 0 Å². The zero-order valence-electron chi connectivity index (χ0n) is 26.0. The molecule has 0 aliphatic carbocycles. The topological polar surface area (TPSA) is 88.5 Å². The van der Waals surface area contributed by atoms with Crippen molar-refractivity contribution in [3.05, 3.63) is 102 Å². The minimum atomic E-state index is -0.184. The van der Waals surface area contributed by atoms with Crippen LogP contribution in [0.4, 0.5) is 0 Å². The van der Waals surface area contributed by atoms with Gasteiger partial charge in [-0.1, -0.05) is 54.6 Å². The van der Waals surface area contributed by atoms with Gasteiger partial charge in [0.15, 0.2) is 0 Å². The van der Waals surface area contributed by atoms with Crippen molar-refractivity contribution in [3.63, 3.8) is 0 Å². The van der Waals surface area contributed by atoms with E-state index in [1.54, 1.807) is 7.11 Å². The van der Waals surface area contributed by atoms with Gasteiger partial charge in [-0.15, -0.1) is 0 Å². The highest BCUT2D eigenvalue weighted by molar-refractivity contribution is 5.82. The van der Waals surface area contributed by atoms with Crippen molar-refractivity contribution >= 4 is 16.9 Å². The average Bonchev–Trinajstić information content (AvgIpc) is 3.83. The molecule has 0 bridgehead atoms. The van der Waals surface area contributed by atoms with Crippen LogP contribution in [0.5, 0.6) is 5.75 Å². The van der Waals surface area contributed by atoms with Crippen LogP contribution in [-0.2, 0) is 22.5 Å². The summed E-state index contributed by atoms with van der Waals surface area (Å²) < 4.78 is 13.1. The number of methoxy groups -OCH3 is 1. The summed E-state index contributed by atoms with van der Waals surface area (Å²) in [6.07, 6.45) is 3.75. The Kier molecular flexibility index (Phi) is 8.37. The lowest BCUT2D eigenvalue weighted by Gasteiger charge is -2.41. The second kappa shape index (κ2) is 12.9. The summed E-state index contributed by atoms with van der Waals surface area (Å²) in [5.41, 5.74) is 6.43. The van der Waals surface area contributed by atoms with E-state index in [0.29, 0.717) is 12.5 Å². The molecule has 2 aromatic heterocycles. The maximum Gasteiger partial charge on any atom is 0.243 e. The standard InChI is InChI=1S/C36H40N6O3/c1-25-38-32-13-12-30(44-2)19-33(32)42(25)23-35(43)41-16-15-40(21-26-14-17-45-24-26)22-34(41)36-37-20-29(39-36)18-28-10-6-7-11-31(28)27-8-4-3-5-9-27/h3-13,19-20,26,34H,14-18,21-24H2,1-2H3,(H,37,39)/t26?,34-/m0/s1. The lowest BCUT2D eigenvalue weighted by atomic mass is 9.97. The van der Waals surface area contributed by atoms with E-state index >= 15 is 0 Å². The number of piperazine rings is 1. The number of ether oxygens (including phenoxy) is 2. The monoisotopic (exact) mass is 604 g/mol. The molecule has 0 saturated carbocycles. The third-order valence-corrected chi connectivity index (χ3v) is 9.21. The first-order chi connectivity index (χ1) is 22.1. The highest BCUT2D eigenvalue weighted by Crippen LogP contribution is 2.29. The van der Waals surface area contributed by atoms with Crippen LogP contribution in [0.2, 0.25) is 0 Å². The zero-order chi connectivity index (χ0) is 30.8. The maximum absolute atomic E-state index is 14.1. The van der Waals surface area contributed by atoms with Crippen LogP contribution >= 0.6 is 0 Å². The van der Waals surface area contributed by atoms with E-state index in [2.05, 4.69) is 58.4 Å². The number of benzene rings is 3. The number of rotatable bonds is 9. The summed E-state index contributed by atoms with van der Waals surface area (Å²) in [5.74, 6) is 2.97. The van der Waals surface area contributed by atoms with Gasteiger partial charge in [0.1, 0.15) is 30.0 Å². The predicted octanol–water partition coefficient (Wildman–Crippen LogP) is 5.26. The molecule has 9 heteroatoms. The van der Waals surface area contributed by atoms with E-state index in [0.717, 1.165) is 79.8 Å². The van der Waals surface area contributed by atoms with Gasteiger partial charge in [-0.3, -0.25) is 9.69 Å². The first-order valence-corrected chi connectivity index (χ1v) is 15.8. The van der Waals surface area contributed by atoms with Crippen molar-refractivity contribution in [1.29, 1.82) is 0 Å². The summed E-state index contributed by atoms with van der Waals surface area (Å²) in [7, 11) is 1.65. The number of H-pyrrole nitrogens is 1. The number of imidazole rings is 2. The Labute approximate surface area is 263 Å². The molecule has 3 aromatic carbocycles. The van der Waals surface area contributed by atoms with Gasteiger partial charge in [0, 0.05) is 57.2 Å².